The first-order valence-corrected chi connectivity index (χ1v) is 7.43. The minimum Gasteiger partial charge on any atom is -0.335 e. The van der Waals surface area contributed by atoms with Gasteiger partial charge in [0.2, 0.25) is 0 Å². The van der Waals surface area contributed by atoms with Gasteiger partial charge in [0.25, 0.3) is 0 Å². The lowest BCUT2D eigenvalue weighted by molar-refractivity contribution is 0.630. The second kappa shape index (κ2) is 5.34. The third-order valence-corrected chi connectivity index (χ3v) is 4.64. The van der Waals surface area contributed by atoms with Crippen molar-refractivity contribution in [1.82, 2.24) is 9.55 Å². The van der Waals surface area contributed by atoms with E-state index in [4.69, 9.17) is 5.73 Å². The molecule has 0 aliphatic carbocycles. The van der Waals surface area contributed by atoms with Crippen LogP contribution in [0.5, 0.6) is 0 Å². The topological polar surface area (TPSA) is 43.8 Å². The summed E-state index contributed by atoms with van der Waals surface area (Å²) in [7, 11) is 0. The number of aromatic nitrogens is 2. The maximum absolute atomic E-state index is 13.2. The SMILES string of the molecule is CCn1ccnc1CC(N)c1cc2ccc(F)cc2s1. The minimum atomic E-state index is -0.207. The summed E-state index contributed by atoms with van der Waals surface area (Å²) in [5.41, 5.74) is 6.28. The second-order valence-electron chi connectivity index (χ2n) is 4.77. The van der Waals surface area contributed by atoms with Crippen LogP contribution in [0.1, 0.15) is 23.7 Å². The Hall–Kier alpha value is -1.72. The van der Waals surface area contributed by atoms with Gasteiger partial charge in [-0.15, -0.1) is 11.3 Å². The molecule has 0 spiro atoms. The molecule has 2 aromatic heterocycles. The van der Waals surface area contributed by atoms with Crippen molar-refractivity contribution in [1.29, 1.82) is 0 Å². The van der Waals surface area contributed by atoms with Crippen molar-refractivity contribution in [3.8, 4) is 0 Å². The average Bonchev–Trinajstić information content (AvgIpc) is 3.04. The van der Waals surface area contributed by atoms with Crippen LogP contribution in [0, 0.1) is 5.82 Å². The summed E-state index contributed by atoms with van der Waals surface area (Å²) in [4.78, 5) is 5.41. The number of hydrogen-bond donors (Lipinski definition) is 1. The molecule has 0 bridgehead atoms. The molecule has 104 valence electrons. The van der Waals surface area contributed by atoms with Crippen molar-refractivity contribution < 1.29 is 4.39 Å². The van der Waals surface area contributed by atoms with Gasteiger partial charge >= 0.3 is 0 Å². The Bertz CT molecular complexity index is 732. The highest BCUT2D eigenvalue weighted by molar-refractivity contribution is 7.19. The number of imidazole rings is 1. The molecule has 0 saturated carbocycles. The van der Waals surface area contributed by atoms with Crippen LogP contribution in [0.3, 0.4) is 0 Å². The molecule has 3 rings (SSSR count). The van der Waals surface area contributed by atoms with E-state index in [0.717, 1.165) is 27.3 Å². The first kappa shape index (κ1) is 13.3. The number of rotatable bonds is 4. The van der Waals surface area contributed by atoms with Crippen LogP contribution >= 0.6 is 11.3 Å². The molecule has 5 heteroatoms. The number of aryl methyl sites for hydroxylation is 1. The molecular formula is C15H16FN3S. The van der Waals surface area contributed by atoms with E-state index in [9.17, 15) is 4.39 Å². The standard InChI is InChI=1S/C15H16FN3S/c1-2-19-6-5-18-15(19)9-12(17)14-7-10-3-4-11(16)8-13(10)20-14/h3-8,12H,2,9,17H2,1H3. The van der Waals surface area contributed by atoms with Gasteiger partial charge in [0.15, 0.2) is 0 Å². The number of thiophene rings is 1. The summed E-state index contributed by atoms with van der Waals surface area (Å²) >= 11 is 1.55. The molecule has 1 atom stereocenters. The van der Waals surface area contributed by atoms with Crippen LogP contribution in [0.15, 0.2) is 36.7 Å². The van der Waals surface area contributed by atoms with E-state index in [1.807, 2.05) is 12.3 Å². The minimum absolute atomic E-state index is 0.108. The molecule has 3 nitrogen and oxygen atoms in total. The van der Waals surface area contributed by atoms with Gasteiger partial charge in [-0.05, 0) is 30.5 Å². The largest absolute Gasteiger partial charge is 0.335 e. The molecule has 0 amide bonds. The molecule has 1 aromatic carbocycles. The van der Waals surface area contributed by atoms with Gasteiger partial charge < -0.3 is 10.3 Å². The third kappa shape index (κ3) is 2.46. The fourth-order valence-corrected chi connectivity index (χ4v) is 3.41. The molecule has 20 heavy (non-hydrogen) atoms. The molecule has 1 unspecified atom stereocenters. The molecule has 0 aliphatic heterocycles. The monoisotopic (exact) mass is 289 g/mol. The summed E-state index contributed by atoms with van der Waals surface area (Å²) in [5, 5.41) is 1.04. The fraction of sp³-hybridized carbons (Fsp3) is 0.267. The molecule has 0 radical (unpaired) electrons. The van der Waals surface area contributed by atoms with E-state index in [2.05, 4.69) is 16.5 Å². The second-order valence-corrected chi connectivity index (χ2v) is 5.89. The highest BCUT2D eigenvalue weighted by Crippen LogP contribution is 2.30. The van der Waals surface area contributed by atoms with E-state index in [1.54, 1.807) is 29.7 Å². The molecule has 3 aromatic rings. The van der Waals surface area contributed by atoms with E-state index >= 15 is 0 Å². The quantitative estimate of drug-likeness (QED) is 0.799. The van der Waals surface area contributed by atoms with Crippen LogP contribution < -0.4 is 5.73 Å². The van der Waals surface area contributed by atoms with E-state index in [-0.39, 0.29) is 11.9 Å². The average molecular weight is 289 g/mol. The summed E-state index contributed by atoms with van der Waals surface area (Å²) < 4.78 is 16.2. The van der Waals surface area contributed by atoms with Crippen molar-refractivity contribution in [2.24, 2.45) is 5.73 Å². The van der Waals surface area contributed by atoms with Gasteiger partial charge in [-0.3, -0.25) is 0 Å². The Morgan fingerprint density at radius 2 is 2.25 bits per heavy atom. The number of benzene rings is 1. The van der Waals surface area contributed by atoms with Crippen molar-refractivity contribution in [3.63, 3.8) is 0 Å². The maximum Gasteiger partial charge on any atom is 0.124 e. The van der Waals surface area contributed by atoms with Crippen LogP contribution in [-0.2, 0) is 13.0 Å². The Morgan fingerprint density at radius 1 is 1.40 bits per heavy atom. The van der Waals surface area contributed by atoms with Gasteiger partial charge in [-0.2, -0.15) is 0 Å². The van der Waals surface area contributed by atoms with Crippen molar-refractivity contribution in [2.75, 3.05) is 0 Å². The zero-order chi connectivity index (χ0) is 14.1. The fourth-order valence-electron chi connectivity index (χ4n) is 2.32. The lowest BCUT2D eigenvalue weighted by atomic mass is 10.1. The normalized spacial score (nSPS) is 12.9. The van der Waals surface area contributed by atoms with Gasteiger partial charge in [0.05, 0.1) is 0 Å². The van der Waals surface area contributed by atoms with Gasteiger partial charge in [-0.1, -0.05) is 6.07 Å². The zero-order valence-electron chi connectivity index (χ0n) is 11.2. The number of hydrogen-bond acceptors (Lipinski definition) is 3. The Kier molecular flexibility index (Phi) is 3.54. The lowest BCUT2D eigenvalue weighted by Crippen LogP contribution is -2.15. The molecule has 2 N–H and O–H groups in total. The summed E-state index contributed by atoms with van der Waals surface area (Å²) in [5.74, 6) is 0.782. The third-order valence-electron chi connectivity index (χ3n) is 3.41. The van der Waals surface area contributed by atoms with Gasteiger partial charge in [-0.25, -0.2) is 9.37 Å². The molecule has 0 fully saturated rings. The van der Waals surface area contributed by atoms with E-state index in [0.29, 0.717) is 6.42 Å². The van der Waals surface area contributed by atoms with E-state index in [1.165, 1.54) is 6.07 Å². The molecule has 2 heterocycles. The Labute approximate surface area is 120 Å². The first-order valence-electron chi connectivity index (χ1n) is 6.62. The molecule has 0 saturated heterocycles. The predicted octanol–water partition coefficient (Wildman–Crippen LogP) is 3.50. The highest BCUT2D eigenvalue weighted by Gasteiger charge is 2.14. The number of nitrogens with zero attached hydrogens (tertiary/aromatic N) is 2. The van der Waals surface area contributed by atoms with E-state index < -0.39 is 0 Å². The number of halogens is 1. The first-order chi connectivity index (χ1) is 9.67. The Morgan fingerprint density at radius 3 is 3.05 bits per heavy atom. The predicted molar refractivity (Wildman–Crippen MR) is 80.3 cm³/mol. The van der Waals surface area contributed by atoms with Crippen molar-refractivity contribution >= 4 is 21.4 Å². The lowest BCUT2D eigenvalue weighted by Gasteiger charge is -2.10. The van der Waals surface area contributed by atoms with Crippen LogP contribution in [0.2, 0.25) is 0 Å². The van der Waals surface area contributed by atoms with Crippen LogP contribution in [0.25, 0.3) is 10.1 Å². The zero-order valence-corrected chi connectivity index (χ0v) is 12.0. The van der Waals surface area contributed by atoms with Crippen molar-refractivity contribution in [3.05, 3.63) is 53.2 Å². The van der Waals surface area contributed by atoms with Gasteiger partial charge in [0, 0.05) is 41.0 Å². The summed E-state index contributed by atoms with van der Waals surface area (Å²) in [6, 6.07) is 6.77. The van der Waals surface area contributed by atoms with Crippen LogP contribution in [0.4, 0.5) is 4.39 Å². The highest BCUT2D eigenvalue weighted by atomic mass is 32.1. The summed E-state index contributed by atoms with van der Waals surface area (Å²) in [6.07, 6.45) is 4.45. The molecule has 0 aliphatic rings. The summed E-state index contributed by atoms with van der Waals surface area (Å²) in [6.45, 7) is 2.97. The molecular weight excluding hydrogens is 273 g/mol. The maximum atomic E-state index is 13.2. The Balaban J connectivity index is 1.86. The van der Waals surface area contributed by atoms with Crippen molar-refractivity contribution in [2.45, 2.75) is 25.9 Å². The number of fused-ring (bicyclic) bond motifs is 1. The van der Waals surface area contributed by atoms with Crippen LogP contribution in [-0.4, -0.2) is 9.55 Å². The number of nitrogens with two attached hydrogens (primary N) is 1. The smallest absolute Gasteiger partial charge is 0.124 e. The van der Waals surface area contributed by atoms with Gasteiger partial charge in [0.1, 0.15) is 11.6 Å².